The maximum Gasteiger partial charge on any atom is 0.0968 e. The molecule has 0 amide bonds. The predicted molar refractivity (Wildman–Crippen MR) is 102 cm³/mol. The predicted octanol–water partition coefficient (Wildman–Crippen LogP) is 3.72. The van der Waals surface area contributed by atoms with Gasteiger partial charge in [-0.05, 0) is 24.6 Å². The van der Waals surface area contributed by atoms with Gasteiger partial charge in [0.05, 0.1) is 18.3 Å². The van der Waals surface area contributed by atoms with E-state index in [1.165, 1.54) is 5.56 Å². The van der Waals surface area contributed by atoms with E-state index in [1.807, 2.05) is 47.1 Å². The molecule has 2 aromatic carbocycles. The number of aliphatic hydroxyl groups excluding tert-OH is 1. The van der Waals surface area contributed by atoms with Crippen molar-refractivity contribution < 1.29 is 5.11 Å². The van der Waals surface area contributed by atoms with E-state index in [0.717, 1.165) is 23.4 Å². The van der Waals surface area contributed by atoms with Crippen LogP contribution in [0.3, 0.4) is 0 Å². The molecule has 3 rings (SSSR count). The smallest absolute Gasteiger partial charge is 0.0968 e. The first-order valence-corrected chi connectivity index (χ1v) is 8.74. The molecule has 5 heteroatoms. The number of aromatic nitrogens is 2. The zero-order chi connectivity index (χ0) is 17.6. The molecule has 0 spiro atoms. The highest BCUT2D eigenvalue weighted by molar-refractivity contribution is 6.30. The van der Waals surface area contributed by atoms with Crippen molar-refractivity contribution in [2.24, 2.45) is 0 Å². The van der Waals surface area contributed by atoms with Crippen molar-refractivity contribution in [2.75, 3.05) is 6.54 Å². The molecule has 0 saturated heterocycles. The summed E-state index contributed by atoms with van der Waals surface area (Å²) in [6.45, 7) is 3.69. The van der Waals surface area contributed by atoms with Crippen molar-refractivity contribution in [1.82, 2.24) is 15.1 Å². The molecule has 0 fully saturated rings. The molecular weight excluding hydrogens is 334 g/mol. The van der Waals surface area contributed by atoms with Gasteiger partial charge in [0.1, 0.15) is 0 Å². The van der Waals surface area contributed by atoms with Crippen LogP contribution in [0.15, 0.2) is 60.8 Å². The van der Waals surface area contributed by atoms with Gasteiger partial charge in [0, 0.05) is 35.4 Å². The standard InChI is InChI=1S/C20H22ClN3O/c1-15(25)11-22-12-18-14-24(13-16-5-3-2-4-6-16)23-20(18)17-7-9-19(21)10-8-17/h2-10,14-15,22,25H,11-13H2,1H3. The Kier molecular flexibility index (Phi) is 5.87. The highest BCUT2D eigenvalue weighted by Crippen LogP contribution is 2.24. The quantitative estimate of drug-likeness (QED) is 0.679. The van der Waals surface area contributed by atoms with Crippen molar-refractivity contribution in [3.63, 3.8) is 0 Å². The van der Waals surface area contributed by atoms with E-state index in [1.54, 1.807) is 6.92 Å². The van der Waals surface area contributed by atoms with E-state index >= 15 is 0 Å². The molecule has 1 unspecified atom stereocenters. The second kappa shape index (κ2) is 8.30. The number of benzene rings is 2. The third kappa shape index (κ3) is 4.92. The van der Waals surface area contributed by atoms with E-state index in [2.05, 4.69) is 23.6 Å². The van der Waals surface area contributed by atoms with Crippen molar-refractivity contribution in [2.45, 2.75) is 26.1 Å². The van der Waals surface area contributed by atoms with Gasteiger partial charge in [0.2, 0.25) is 0 Å². The lowest BCUT2D eigenvalue weighted by Crippen LogP contribution is -2.23. The zero-order valence-corrected chi connectivity index (χ0v) is 14.9. The molecule has 1 heterocycles. The molecule has 2 N–H and O–H groups in total. The number of aliphatic hydroxyl groups is 1. The molecule has 25 heavy (non-hydrogen) atoms. The largest absolute Gasteiger partial charge is 0.392 e. The van der Waals surface area contributed by atoms with E-state index in [9.17, 15) is 5.11 Å². The maximum atomic E-state index is 9.45. The van der Waals surface area contributed by atoms with Crippen LogP contribution in [0.4, 0.5) is 0 Å². The summed E-state index contributed by atoms with van der Waals surface area (Å²) in [5.41, 5.74) is 4.27. The van der Waals surface area contributed by atoms with Crippen LogP contribution >= 0.6 is 11.6 Å². The third-order valence-corrected chi connectivity index (χ3v) is 4.15. The SMILES string of the molecule is CC(O)CNCc1cn(Cc2ccccc2)nc1-c1ccc(Cl)cc1. The van der Waals surface area contributed by atoms with Crippen molar-refractivity contribution in [1.29, 1.82) is 0 Å². The Morgan fingerprint density at radius 2 is 1.84 bits per heavy atom. The monoisotopic (exact) mass is 355 g/mol. The van der Waals surface area contributed by atoms with Crippen LogP contribution in [0.25, 0.3) is 11.3 Å². The summed E-state index contributed by atoms with van der Waals surface area (Å²) in [6.07, 6.45) is 1.68. The van der Waals surface area contributed by atoms with Gasteiger partial charge in [-0.1, -0.05) is 54.1 Å². The summed E-state index contributed by atoms with van der Waals surface area (Å²) in [5, 5.41) is 18.2. The molecule has 0 aliphatic carbocycles. The van der Waals surface area contributed by atoms with E-state index in [-0.39, 0.29) is 6.10 Å². The number of hydrogen-bond donors (Lipinski definition) is 2. The summed E-state index contributed by atoms with van der Waals surface area (Å²) >= 11 is 6.00. The topological polar surface area (TPSA) is 50.1 Å². The number of rotatable bonds is 7. The number of hydrogen-bond acceptors (Lipinski definition) is 3. The van der Waals surface area contributed by atoms with Gasteiger partial charge in [0.25, 0.3) is 0 Å². The summed E-state index contributed by atoms with van der Waals surface area (Å²) in [6, 6.07) is 18.0. The Labute approximate surface area is 153 Å². The third-order valence-electron chi connectivity index (χ3n) is 3.90. The van der Waals surface area contributed by atoms with Crippen LogP contribution in [0.5, 0.6) is 0 Å². The van der Waals surface area contributed by atoms with Gasteiger partial charge in [-0.3, -0.25) is 4.68 Å². The van der Waals surface area contributed by atoms with Gasteiger partial charge in [-0.25, -0.2) is 0 Å². The van der Waals surface area contributed by atoms with Gasteiger partial charge in [-0.2, -0.15) is 5.10 Å². The lowest BCUT2D eigenvalue weighted by molar-refractivity contribution is 0.191. The fraction of sp³-hybridized carbons (Fsp3) is 0.250. The normalized spacial score (nSPS) is 12.3. The minimum atomic E-state index is -0.377. The van der Waals surface area contributed by atoms with Gasteiger partial charge >= 0.3 is 0 Å². The van der Waals surface area contributed by atoms with E-state index < -0.39 is 0 Å². The van der Waals surface area contributed by atoms with Gasteiger partial charge in [-0.15, -0.1) is 0 Å². The summed E-state index contributed by atoms with van der Waals surface area (Å²) < 4.78 is 1.96. The Morgan fingerprint density at radius 1 is 1.12 bits per heavy atom. The van der Waals surface area contributed by atoms with Crippen molar-refractivity contribution in [3.05, 3.63) is 76.9 Å². The average Bonchev–Trinajstić information content (AvgIpc) is 2.99. The fourth-order valence-electron chi connectivity index (χ4n) is 2.71. The molecule has 0 aliphatic heterocycles. The second-order valence-electron chi connectivity index (χ2n) is 6.17. The first-order valence-electron chi connectivity index (χ1n) is 8.37. The van der Waals surface area contributed by atoms with Crippen LogP contribution in [-0.4, -0.2) is 27.5 Å². The number of nitrogens with one attached hydrogen (secondary N) is 1. The fourth-order valence-corrected chi connectivity index (χ4v) is 2.84. The Hall–Kier alpha value is -2.14. The first kappa shape index (κ1) is 17.7. The lowest BCUT2D eigenvalue weighted by Gasteiger charge is -2.07. The van der Waals surface area contributed by atoms with E-state index in [4.69, 9.17) is 16.7 Å². The Balaban J connectivity index is 1.86. The minimum absolute atomic E-state index is 0.377. The number of halogens is 1. The van der Waals surface area contributed by atoms with E-state index in [0.29, 0.717) is 18.1 Å². The maximum absolute atomic E-state index is 9.45. The summed E-state index contributed by atoms with van der Waals surface area (Å²) in [5.74, 6) is 0. The van der Waals surface area contributed by atoms with Crippen LogP contribution in [0.1, 0.15) is 18.1 Å². The van der Waals surface area contributed by atoms with Gasteiger partial charge in [0.15, 0.2) is 0 Å². The van der Waals surface area contributed by atoms with Crippen molar-refractivity contribution in [3.8, 4) is 11.3 Å². The van der Waals surface area contributed by atoms with Gasteiger partial charge < -0.3 is 10.4 Å². The minimum Gasteiger partial charge on any atom is -0.392 e. The molecule has 0 bridgehead atoms. The molecule has 0 saturated carbocycles. The molecule has 1 aromatic heterocycles. The molecule has 1 atom stereocenters. The second-order valence-corrected chi connectivity index (χ2v) is 6.61. The lowest BCUT2D eigenvalue weighted by atomic mass is 10.1. The van der Waals surface area contributed by atoms with Crippen LogP contribution in [0, 0.1) is 0 Å². The molecule has 0 aliphatic rings. The highest BCUT2D eigenvalue weighted by Gasteiger charge is 2.12. The first-order chi connectivity index (χ1) is 12.1. The molecule has 0 radical (unpaired) electrons. The molecule has 3 aromatic rings. The Bertz CT molecular complexity index is 798. The zero-order valence-electron chi connectivity index (χ0n) is 14.2. The average molecular weight is 356 g/mol. The molecule has 4 nitrogen and oxygen atoms in total. The molecular formula is C20H22ClN3O. The van der Waals surface area contributed by atoms with Crippen LogP contribution in [-0.2, 0) is 13.1 Å². The highest BCUT2D eigenvalue weighted by atomic mass is 35.5. The molecule has 130 valence electrons. The van der Waals surface area contributed by atoms with Crippen LogP contribution < -0.4 is 5.32 Å². The van der Waals surface area contributed by atoms with Crippen molar-refractivity contribution >= 4 is 11.6 Å². The number of nitrogens with zero attached hydrogens (tertiary/aromatic N) is 2. The summed E-state index contributed by atoms with van der Waals surface area (Å²) in [4.78, 5) is 0. The summed E-state index contributed by atoms with van der Waals surface area (Å²) in [7, 11) is 0. The Morgan fingerprint density at radius 3 is 2.52 bits per heavy atom. The van der Waals surface area contributed by atoms with Crippen LogP contribution in [0.2, 0.25) is 5.02 Å².